The monoisotopic (exact) mass is 401 g/mol. The maximum atomic E-state index is 13.2. The quantitative estimate of drug-likeness (QED) is 0.799. The first kappa shape index (κ1) is 19.5. The van der Waals surface area contributed by atoms with Crippen molar-refractivity contribution in [3.63, 3.8) is 0 Å². The van der Waals surface area contributed by atoms with Crippen LogP contribution < -0.4 is 5.32 Å². The van der Waals surface area contributed by atoms with Gasteiger partial charge in [-0.3, -0.25) is 4.98 Å². The summed E-state index contributed by atoms with van der Waals surface area (Å²) in [4.78, 5) is 11.6. The van der Waals surface area contributed by atoms with E-state index in [9.17, 15) is 21.6 Å². The van der Waals surface area contributed by atoms with Crippen LogP contribution in [0.4, 0.5) is 19.0 Å². The van der Waals surface area contributed by atoms with E-state index in [0.29, 0.717) is 25.2 Å². The topological polar surface area (TPSA) is 88.1 Å². The van der Waals surface area contributed by atoms with E-state index in [1.165, 1.54) is 16.7 Å². The molecule has 1 aliphatic rings. The van der Waals surface area contributed by atoms with E-state index in [1.807, 2.05) is 0 Å². The van der Waals surface area contributed by atoms with Gasteiger partial charge in [-0.1, -0.05) is 0 Å². The van der Waals surface area contributed by atoms with E-state index >= 15 is 0 Å². The van der Waals surface area contributed by atoms with Crippen molar-refractivity contribution in [2.45, 2.75) is 13.1 Å². The predicted octanol–water partition coefficient (Wildman–Crippen LogP) is 2.25. The number of rotatable bonds is 6. The van der Waals surface area contributed by atoms with Crippen LogP contribution in [0.3, 0.4) is 0 Å². The number of hydrogen-bond donors (Lipinski definition) is 1. The van der Waals surface area contributed by atoms with Crippen LogP contribution in [-0.4, -0.2) is 53.1 Å². The van der Waals surface area contributed by atoms with Gasteiger partial charge in [0, 0.05) is 49.6 Å². The number of nitrogens with one attached hydrogen (secondary N) is 1. The molecule has 1 aliphatic heterocycles. The van der Waals surface area contributed by atoms with E-state index in [0.717, 1.165) is 6.07 Å². The Bertz CT molecular complexity index is 900. The number of sulfonamides is 1. The molecule has 27 heavy (non-hydrogen) atoms. The molecule has 3 rings (SSSR count). The van der Waals surface area contributed by atoms with Crippen molar-refractivity contribution in [1.82, 2.24) is 19.3 Å². The standard InChI is InChI=1S/C16H18F3N5O2S/c1-2-27(25,26)24-9-11(10-24)7-21-14-6-13(16(17,18)19)22-15(23-14)12-4-3-5-20-8-12/h3-6,8,11H,2,7,9-10H2,1H3,(H,21,22,23). The normalized spacial score (nSPS) is 16.1. The summed E-state index contributed by atoms with van der Waals surface area (Å²) in [5, 5.41) is 2.87. The zero-order valence-electron chi connectivity index (χ0n) is 14.4. The molecule has 0 aliphatic carbocycles. The Hall–Kier alpha value is -2.27. The fourth-order valence-electron chi connectivity index (χ4n) is 2.62. The second-order valence-corrected chi connectivity index (χ2v) is 8.42. The van der Waals surface area contributed by atoms with Gasteiger partial charge in [-0.05, 0) is 19.1 Å². The van der Waals surface area contributed by atoms with Gasteiger partial charge in [-0.25, -0.2) is 22.7 Å². The van der Waals surface area contributed by atoms with Crippen molar-refractivity contribution in [3.05, 3.63) is 36.3 Å². The van der Waals surface area contributed by atoms with Crippen molar-refractivity contribution < 1.29 is 21.6 Å². The fourth-order valence-corrected chi connectivity index (χ4v) is 3.86. The summed E-state index contributed by atoms with van der Waals surface area (Å²) >= 11 is 0. The first-order chi connectivity index (χ1) is 12.7. The molecule has 0 bridgehead atoms. The molecule has 0 atom stereocenters. The minimum Gasteiger partial charge on any atom is -0.370 e. The van der Waals surface area contributed by atoms with Gasteiger partial charge in [-0.2, -0.15) is 13.2 Å². The van der Waals surface area contributed by atoms with Gasteiger partial charge in [0.2, 0.25) is 10.0 Å². The molecule has 0 amide bonds. The SMILES string of the molecule is CCS(=O)(=O)N1CC(CNc2cc(C(F)(F)F)nc(-c3cccnc3)n2)C1. The molecule has 1 saturated heterocycles. The van der Waals surface area contributed by atoms with E-state index in [4.69, 9.17) is 0 Å². The zero-order chi connectivity index (χ0) is 19.7. The summed E-state index contributed by atoms with van der Waals surface area (Å²) in [6.45, 7) is 2.57. The van der Waals surface area contributed by atoms with E-state index in [1.54, 1.807) is 19.1 Å². The first-order valence-corrected chi connectivity index (χ1v) is 9.88. The number of hydrogen-bond acceptors (Lipinski definition) is 6. The number of aromatic nitrogens is 3. The molecule has 11 heteroatoms. The molecule has 0 unspecified atom stereocenters. The smallest absolute Gasteiger partial charge is 0.370 e. The average Bonchev–Trinajstić information content (AvgIpc) is 2.60. The number of halogens is 3. The summed E-state index contributed by atoms with van der Waals surface area (Å²) in [5.74, 6) is -0.00248. The number of alkyl halides is 3. The highest BCUT2D eigenvalue weighted by atomic mass is 32.2. The average molecular weight is 401 g/mol. The Morgan fingerprint density at radius 1 is 1.30 bits per heavy atom. The highest BCUT2D eigenvalue weighted by molar-refractivity contribution is 7.89. The van der Waals surface area contributed by atoms with Crippen molar-refractivity contribution in [2.24, 2.45) is 5.92 Å². The molecule has 3 heterocycles. The predicted molar refractivity (Wildman–Crippen MR) is 93.3 cm³/mol. The van der Waals surface area contributed by atoms with Gasteiger partial charge in [0.05, 0.1) is 5.75 Å². The zero-order valence-corrected chi connectivity index (χ0v) is 15.3. The number of anilines is 1. The Kier molecular flexibility index (Phi) is 5.33. The lowest BCUT2D eigenvalue weighted by molar-refractivity contribution is -0.141. The lowest BCUT2D eigenvalue weighted by Gasteiger charge is -2.38. The molecule has 1 N–H and O–H groups in total. The molecule has 2 aromatic rings. The minimum absolute atomic E-state index is 0.0115. The highest BCUT2D eigenvalue weighted by Gasteiger charge is 2.36. The van der Waals surface area contributed by atoms with Crippen LogP contribution in [0.5, 0.6) is 0 Å². The fraction of sp³-hybridized carbons (Fsp3) is 0.438. The van der Waals surface area contributed by atoms with Crippen molar-refractivity contribution in [3.8, 4) is 11.4 Å². The summed E-state index contributed by atoms with van der Waals surface area (Å²) in [7, 11) is -3.22. The third-order valence-electron chi connectivity index (χ3n) is 4.19. The Morgan fingerprint density at radius 3 is 2.63 bits per heavy atom. The van der Waals surface area contributed by atoms with Crippen LogP contribution >= 0.6 is 0 Å². The molecule has 0 aromatic carbocycles. The number of nitrogens with zero attached hydrogens (tertiary/aromatic N) is 4. The van der Waals surface area contributed by atoms with Gasteiger partial charge in [0.15, 0.2) is 11.5 Å². The lowest BCUT2D eigenvalue weighted by atomic mass is 10.0. The third-order valence-corrected chi connectivity index (χ3v) is 6.00. The molecule has 0 radical (unpaired) electrons. The van der Waals surface area contributed by atoms with Crippen molar-refractivity contribution in [2.75, 3.05) is 30.7 Å². The summed E-state index contributed by atoms with van der Waals surface area (Å²) in [5.41, 5.74) is -0.682. The molecule has 146 valence electrons. The molecular weight excluding hydrogens is 383 g/mol. The minimum atomic E-state index is -4.61. The lowest BCUT2D eigenvalue weighted by Crippen LogP contribution is -2.52. The summed E-state index contributed by atoms with van der Waals surface area (Å²) in [6.07, 6.45) is -1.72. The second-order valence-electron chi connectivity index (χ2n) is 6.17. The molecule has 0 spiro atoms. The van der Waals surface area contributed by atoms with Gasteiger partial charge in [-0.15, -0.1) is 0 Å². The Labute approximate surface area is 154 Å². The van der Waals surface area contributed by atoms with Crippen LogP contribution in [0.2, 0.25) is 0 Å². The van der Waals surface area contributed by atoms with Gasteiger partial charge in [0.25, 0.3) is 0 Å². The van der Waals surface area contributed by atoms with Gasteiger partial charge < -0.3 is 5.32 Å². The second kappa shape index (κ2) is 7.39. The Balaban J connectivity index is 1.74. The Morgan fingerprint density at radius 2 is 2.04 bits per heavy atom. The molecule has 1 fully saturated rings. The first-order valence-electron chi connectivity index (χ1n) is 8.27. The van der Waals surface area contributed by atoms with Crippen LogP contribution in [0.25, 0.3) is 11.4 Å². The largest absolute Gasteiger partial charge is 0.433 e. The highest BCUT2D eigenvalue weighted by Crippen LogP contribution is 2.31. The maximum Gasteiger partial charge on any atom is 0.433 e. The molecular formula is C16H18F3N5O2S. The molecule has 7 nitrogen and oxygen atoms in total. The van der Waals surface area contributed by atoms with E-state index < -0.39 is 21.9 Å². The third kappa shape index (κ3) is 4.53. The van der Waals surface area contributed by atoms with Crippen LogP contribution in [-0.2, 0) is 16.2 Å². The molecule has 2 aromatic heterocycles. The maximum absolute atomic E-state index is 13.2. The van der Waals surface area contributed by atoms with E-state index in [-0.39, 0.29) is 23.3 Å². The summed E-state index contributed by atoms with van der Waals surface area (Å²) < 4.78 is 64.2. The molecule has 0 saturated carbocycles. The summed E-state index contributed by atoms with van der Waals surface area (Å²) in [6, 6.07) is 4.01. The van der Waals surface area contributed by atoms with Crippen molar-refractivity contribution >= 4 is 15.8 Å². The number of pyridine rings is 1. The van der Waals surface area contributed by atoms with Gasteiger partial charge in [0.1, 0.15) is 5.82 Å². The van der Waals surface area contributed by atoms with Crippen LogP contribution in [0.1, 0.15) is 12.6 Å². The van der Waals surface area contributed by atoms with Crippen LogP contribution in [0.15, 0.2) is 30.6 Å². The van der Waals surface area contributed by atoms with Gasteiger partial charge >= 0.3 is 6.18 Å². The van der Waals surface area contributed by atoms with Crippen molar-refractivity contribution in [1.29, 1.82) is 0 Å². The van der Waals surface area contributed by atoms with Crippen LogP contribution in [0, 0.1) is 5.92 Å². The van der Waals surface area contributed by atoms with E-state index in [2.05, 4.69) is 20.3 Å².